The standard InChI is InChI=1S/C21H17ClN2O2/c22-16-7-3-1-6-15(16)21(26)23-12-11-14-13-5-2-4-8-17(13)24-19(25)10-9-18(23)20(14)24/h1-8,18H,9-12H2. The number of carbonyl (C=O) groups is 2. The number of rotatable bonds is 1. The highest BCUT2D eigenvalue weighted by Crippen LogP contribution is 2.42. The molecule has 1 atom stereocenters. The van der Waals surface area contributed by atoms with Crippen molar-refractivity contribution in [2.24, 2.45) is 0 Å². The Bertz CT molecular complexity index is 1070. The zero-order valence-electron chi connectivity index (χ0n) is 14.1. The third-order valence-electron chi connectivity index (χ3n) is 5.56. The van der Waals surface area contributed by atoms with E-state index in [4.69, 9.17) is 11.6 Å². The van der Waals surface area contributed by atoms with Crippen molar-refractivity contribution in [1.29, 1.82) is 0 Å². The molecule has 1 amide bonds. The van der Waals surface area contributed by atoms with Crippen molar-refractivity contribution in [1.82, 2.24) is 9.47 Å². The van der Waals surface area contributed by atoms with E-state index in [0.717, 1.165) is 23.0 Å². The summed E-state index contributed by atoms with van der Waals surface area (Å²) in [6, 6.07) is 15.1. The molecule has 0 saturated heterocycles. The molecule has 5 heteroatoms. The molecule has 0 aliphatic carbocycles. The Balaban J connectivity index is 1.66. The summed E-state index contributed by atoms with van der Waals surface area (Å²) < 4.78 is 1.84. The van der Waals surface area contributed by atoms with Crippen LogP contribution in [-0.4, -0.2) is 27.8 Å². The van der Waals surface area contributed by atoms with Crippen LogP contribution in [0.5, 0.6) is 0 Å². The Hall–Kier alpha value is -2.59. The Morgan fingerprint density at radius 2 is 1.81 bits per heavy atom. The molecule has 0 radical (unpaired) electrons. The monoisotopic (exact) mass is 364 g/mol. The highest BCUT2D eigenvalue weighted by molar-refractivity contribution is 6.33. The third kappa shape index (κ3) is 2.08. The lowest BCUT2D eigenvalue weighted by Crippen LogP contribution is -2.43. The van der Waals surface area contributed by atoms with Crippen LogP contribution in [0.4, 0.5) is 0 Å². The maximum atomic E-state index is 13.2. The Morgan fingerprint density at radius 1 is 1.04 bits per heavy atom. The number of hydrogen-bond acceptors (Lipinski definition) is 2. The molecule has 3 aromatic rings. The van der Waals surface area contributed by atoms with Crippen molar-refractivity contribution >= 4 is 34.3 Å². The van der Waals surface area contributed by atoms with Crippen molar-refractivity contribution in [3.8, 4) is 0 Å². The van der Waals surface area contributed by atoms with Gasteiger partial charge in [-0.2, -0.15) is 0 Å². The fourth-order valence-electron chi connectivity index (χ4n) is 4.44. The van der Waals surface area contributed by atoms with E-state index in [1.54, 1.807) is 12.1 Å². The number of benzene rings is 2. The van der Waals surface area contributed by atoms with Crippen LogP contribution in [0.2, 0.25) is 5.02 Å². The van der Waals surface area contributed by atoms with Crippen LogP contribution in [0.3, 0.4) is 0 Å². The molecule has 0 saturated carbocycles. The zero-order valence-corrected chi connectivity index (χ0v) is 14.9. The fourth-order valence-corrected chi connectivity index (χ4v) is 4.66. The first-order valence-electron chi connectivity index (χ1n) is 8.87. The van der Waals surface area contributed by atoms with Gasteiger partial charge in [0.05, 0.1) is 27.8 Å². The minimum Gasteiger partial charge on any atom is -0.330 e. The molecular weight excluding hydrogens is 348 g/mol. The summed E-state index contributed by atoms with van der Waals surface area (Å²) in [4.78, 5) is 27.7. The minimum absolute atomic E-state index is 0.0580. The lowest BCUT2D eigenvalue weighted by Gasteiger charge is -2.39. The fraction of sp³-hybridized carbons (Fsp3) is 0.238. The normalized spacial score (nSPS) is 18.9. The average Bonchev–Trinajstić information content (AvgIpc) is 3.01. The van der Waals surface area contributed by atoms with Gasteiger partial charge in [-0.25, -0.2) is 0 Å². The first-order chi connectivity index (χ1) is 12.7. The number of aromatic nitrogens is 1. The van der Waals surface area contributed by atoms with Gasteiger partial charge in [0.15, 0.2) is 0 Å². The highest BCUT2D eigenvalue weighted by atomic mass is 35.5. The number of hydrogen-bond donors (Lipinski definition) is 0. The van der Waals surface area contributed by atoms with Gasteiger partial charge in [0, 0.05) is 18.4 Å². The predicted molar refractivity (Wildman–Crippen MR) is 101 cm³/mol. The summed E-state index contributed by atoms with van der Waals surface area (Å²) in [6.45, 7) is 0.643. The summed E-state index contributed by atoms with van der Waals surface area (Å²) in [5, 5.41) is 1.60. The largest absolute Gasteiger partial charge is 0.330 e. The Labute approximate surface area is 156 Å². The number of para-hydroxylation sites is 1. The van der Waals surface area contributed by atoms with Crippen LogP contribution >= 0.6 is 11.6 Å². The van der Waals surface area contributed by atoms with E-state index < -0.39 is 0 Å². The van der Waals surface area contributed by atoms with E-state index >= 15 is 0 Å². The summed E-state index contributed by atoms with van der Waals surface area (Å²) in [5.74, 6) is 0.0585. The Morgan fingerprint density at radius 3 is 2.65 bits per heavy atom. The number of nitrogens with zero attached hydrogens (tertiary/aromatic N) is 2. The van der Waals surface area contributed by atoms with Crippen LogP contribution in [0.1, 0.15) is 45.3 Å². The van der Waals surface area contributed by atoms with Crippen LogP contribution < -0.4 is 0 Å². The molecule has 5 rings (SSSR count). The summed E-state index contributed by atoms with van der Waals surface area (Å²) in [5.41, 5.74) is 3.69. The molecule has 3 heterocycles. The minimum atomic E-state index is -0.0763. The second-order valence-corrected chi connectivity index (χ2v) is 7.30. The van der Waals surface area contributed by atoms with Gasteiger partial charge in [0.1, 0.15) is 0 Å². The van der Waals surface area contributed by atoms with Crippen molar-refractivity contribution < 1.29 is 9.59 Å². The highest BCUT2D eigenvalue weighted by Gasteiger charge is 2.40. The summed E-state index contributed by atoms with van der Waals surface area (Å²) in [6.07, 6.45) is 1.86. The topological polar surface area (TPSA) is 42.3 Å². The van der Waals surface area contributed by atoms with E-state index in [-0.39, 0.29) is 17.9 Å². The van der Waals surface area contributed by atoms with Crippen molar-refractivity contribution in [3.05, 3.63) is 70.4 Å². The molecule has 0 N–H and O–H groups in total. The van der Waals surface area contributed by atoms with Gasteiger partial charge in [0.25, 0.3) is 5.91 Å². The average molecular weight is 365 g/mol. The maximum absolute atomic E-state index is 13.2. The zero-order chi connectivity index (χ0) is 17.8. The van der Waals surface area contributed by atoms with Gasteiger partial charge in [-0.15, -0.1) is 0 Å². The Kier molecular flexibility index (Phi) is 3.44. The quantitative estimate of drug-likeness (QED) is 0.639. The molecule has 4 nitrogen and oxygen atoms in total. The molecule has 1 aromatic heterocycles. The number of amides is 1. The second kappa shape index (κ2) is 5.71. The van der Waals surface area contributed by atoms with Crippen LogP contribution in [-0.2, 0) is 6.42 Å². The molecule has 26 heavy (non-hydrogen) atoms. The molecule has 2 aliphatic heterocycles. The number of fused-ring (bicyclic) bond motifs is 3. The number of halogens is 1. The predicted octanol–water partition coefficient (Wildman–Crippen LogP) is 4.47. The molecule has 0 bridgehead atoms. The molecule has 2 aliphatic rings. The van der Waals surface area contributed by atoms with Crippen LogP contribution in [0.15, 0.2) is 48.5 Å². The summed E-state index contributed by atoms with van der Waals surface area (Å²) in [7, 11) is 0. The van der Waals surface area contributed by atoms with Gasteiger partial charge in [-0.3, -0.25) is 14.2 Å². The van der Waals surface area contributed by atoms with E-state index in [2.05, 4.69) is 6.07 Å². The van der Waals surface area contributed by atoms with Crippen molar-refractivity contribution in [2.45, 2.75) is 25.3 Å². The molecular formula is C21H17ClN2O2. The van der Waals surface area contributed by atoms with E-state index in [1.165, 1.54) is 5.56 Å². The SMILES string of the molecule is O=C(c1ccccc1Cl)N1CCc2c3n(c4ccccc24)C(=O)CCC31. The van der Waals surface area contributed by atoms with Gasteiger partial charge in [-0.1, -0.05) is 41.9 Å². The number of carbonyl (C=O) groups excluding carboxylic acids is 2. The van der Waals surface area contributed by atoms with Gasteiger partial charge in [-0.05, 0) is 36.6 Å². The second-order valence-electron chi connectivity index (χ2n) is 6.89. The molecule has 1 unspecified atom stereocenters. The van der Waals surface area contributed by atoms with Crippen LogP contribution in [0, 0.1) is 0 Å². The lowest BCUT2D eigenvalue weighted by atomic mass is 9.91. The maximum Gasteiger partial charge on any atom is 0.255 e. The first-order valence-corrected chi connectivity index (χ1v) is 9.25. The molecule has 0 fully saturated rings. The summed E-state index contributed by atoms with van der Waals surface area (Å²) >= 11 is 6.26. The molecule has 0 spiro atoms. The van der Waals surface area contributed by atoms with Crippen LogP contribution in [0.25, 0.3) is 10.9 Å². The van der Waals surface area contributed by atoms with Gasteiger partial charge >= 0.3 is 0 Å². The van der Waals surface area contributed by atoms with E-state index in [0.29, 0.717) is 30.0 Å². The van der Waals surface area contributed by atoms with Crippen molar-refractivity contribution in [2.75, 3.05) is 6.54 Å². The molecule has 2 aromatic carbocycles. The third-order valence-corrected chi connectivity index (χ3v) is 5.89. The smallest absolute Gasteiger partial charge is 0.255 e. The molecule has 130 valence electrons. The lowest BCUT2D eigenvalue weighted by molar-refractivity contribution is 0.0593. The van der Waals surface area contributed by atoms with E-state index in [9.17, 15) is 9.59 Å². The van der Waals surface area contributed by atoms with Gasteiger partial charge < -0.3 is 4.90 Å². The van der Waals surface area contributed by atoms with Crippen molar-refractivity contribution in [3.63, 3.8) is 0 Å². The first kappa shape index (κ1) is 15.6. The van der Waals surface area contributed by atoms with E-state index in [1.807, 2.05) is 39.8 Å². The van der Waals surface area contributed by atoms with Gasteiger partial charge in [0.2, 0.25) is 5.91 Å².